The van der Waals surface area contributed by atoms with Crippen LogP contribution >= 0.6 is 12.4 Å². The first-order chi connectivity index (χ1) is 8.11. The molecule has 2 rings (SSSR count). The molecule has 0 aliphatic rings. The summed E-state index contributed by atoms with van der Waals surface area (Å²) in [5, 5.41) is 0.992. The van der Waals surface area contributed by atoms with Crippen LogP contribution in [0.25, 0.3) is 11.0 Å². The molecule has 1 heterocycles. The molecule has 0 saturated carbocycles. The summed E-state index contributed by atoms with van der Waals surface area (Å²) in [5.74, 6) is 0. The Bertz CT molecular complexity index is 537. The van der Waals surface area contributed by atoms with E-state index < -0.39 is 0 Å². The van der Waals surface area contributed by atoms with Gasteiger partial charge in [-0.3, -0.25) is 4.79 Å². The minimum absolute atomic E-state index is 0. The van der Waals surface area contributed by atoms with E-state index in [2.05, 4.69) is 0 Å². The Morgan fingerprint density at radius 3 is 2.83 bits per heavy atom. The highest BCUT2D eigenvalue weighted by Crippen LogP contribution is 2.27. The van der Waals surface area contributed by atoms with Crippen LogP contribution in [0.1, 0.15) is 12.5 Å². The van der Waals surface area contributed by atoms with Gasteiger partial charge < -0.3 is 15.1 Å². The molecule has 4 nitrogen and oxygen atoms in total. The third-order valence-electron chi connectivity index (χ3n) is 2.72. The number of hydrogen-bond donors (Lipinski definition) is 1. The Labute approximate surface area is 112 Å². The fourth-order valence-corrected chi connectivity index (χ4v) is 1.90. The molecule has 1 unspecified atom stereocenters. The van der Waals surface area contributed by atoms with Crippen molar-refractivity contribution in [3.05, 3.63) is 30.0 Å². The van der Waals surface area contributed by atoms with Gasteiger partial charge in [0.15, 0.2) is 0 Å². The van der Waals surface area contributed by atoms with Gasteiger partial charge in [0, 0.05) is 24.2 Å². The Kier molecular flexibility index (Phi) is 4.76. The number of rotatable bonds is 4. The molecule has 1 aromatic heterocycles. The number of nitrogens with zero attached hydrogens (tertiary/aromatic N) is 1. The number of benzene rings is 1. The van der Waals surface area contributed by atoms with E-state index in [1.807, 2.05) is 25.1 Å². The maximum Gasteiger partial charge on any atom is 0.213 e. The smallest absolute Gasteiger partial charge is 0.213 e. The van der Waals surface area contributed by atoms with Gasteiger partial charge in [-0.2, -0.15) is 0 Å². The van der Waals surface area contributed by atoms with E-state index in [0.717, 1.165) is 35.1 Å². The molecule has 1 atom stereocenters. The van der Waals surface area contributed by atoms with E-state index >= 15 is 0 Å². The van der Waals surface area contributed by atoms with E-state index in [1.165, 1.54) is 4.90 Å². The molecule has 0 saturated heterocycles. The van der Waals surface area contributed by atoms with Gasteiger partial charge in [-0.25, -0.2) is 0 Å². The van der Waals surface area contributed by atoms with Gasteiger partial charge in [0.25, 0.3) is 0 Å². The molecule has 0 aliphatic heterocycles. The van der Waals surface area contributed by atoms with E-state index in [4.69, 9.17) is 10.2 Å². The summed E-state index contributed by atoms with van der Waals surface area (Å²) < 4.78 is 5.46. The van der Waals surface area contributed by atoms with Crippen molar-refractivity contribution in [2.75, 3.05) is 11.9 Å². The molecular weight excluding hydrogens is 252 g/mol. The van der Waals surface area contributed by atoms with Crippen LogP contribution in [0.3, 0.4) is 0 Å². The van der Waals surface area contributed by atoms with Crippen LogP contribution in [-0.2, 0) is 11.2 Å². The third-order valence-corrected chi connectivity index (χ3v) is 2.72. The van der Waals surface area contributed by atoms with Crippen LogP contribution in [0, 0.1) is 0 Å². The summed E-state index contributed by atoms with van der Waals surface area (Å²) in [5.41, 5.74) is 8.56. The summed E-state index contributed by atoms with van der Waals surface area (Å²) in [6, 6.07) is 5.82. The minimum atomic E-state index is 0. The monoisotopic (exact) mass is 268 g/mol. The number of fused-ring (bicyclic) bond motifs is 1. The van der Waals surface area contributed by atoms with Crippen LogP contribution in [0.5, 0.6) is 0 Å². The van der Waals surface area contributed by atoms with Gasteiger partial charge in [0.1, 0.15) is 5.58 Å². The summed E-state index contributed by atoms with van der Waals surface area (Å²) in [6.45, 7) is 1.95. The molecule has 0 radical (unpaired) electrons. The zero-order chi connectivity index (χ0) is 12.4. The summed E-state index contributed by atoms with van der Waals surface area (Å²) >= 11 is 0. The third kappa shape index (κ3) is 2.83. The summed E-state index contributed by atoms with van der Waals surface area (Å²) in [4.78, 5) is 12.3. The number of anilines is 1. The average Bonchev–Trinajstić information content (AvgIpc) is 2.75. The Balaban J connectivity index is 0.00000162. The lowest BCUT2D eigenvalue weighted by atomic mass is 10.0. The Hall–Kier alpha value is -1.52. The number of hydrogen-bond acceptors (Lipinski definition) is 3. The molecule has 1 amide bonds. The molecule has 5 heteroatoms. The average molecular weight is 269 g/mol. The van der Waals surface area contributed by atoms with Gasteiger partial charge in [-0.15, -0.1) is 12.4 Å². The predicted molar refractivity (Wildman–Crippen MR) is 75.3 cm³/mol. The molecule has 18 heavy (non-hydrogen) atoms. The number of halogens is 1. The maximum absolute atomic E-state index is 10.8. The second-order valence-corrected chi connectivity index (χ2v) is 4.34. The molecule has 0 fully saturated rings. The van der Waals surface area contributed by atoms with Crippen molar-refractivity contribution in [1.82, 2.24) is 0 Å². The van der Waals surface area contributed by atoms with Crippen molar-refractivity contribution in [3.63, 3.8) is 0 Å². The van der Waals surface area contributed by atoms with E-state index in [9.17, 15) is 4.79 Å². The van der Waals surface area contributed by atoms with E-state index in [-0.39, 0.29) is 18.4 Å². The molecule has 1 aromatic carbocycles. The van der Waals surface area contributed by atoms with Crippen molar-refractivity contribution in [2.24, 2.45) is 5.73 Å². The van der Waals surface area contributed by atoms with Crippen LogP contribution in [0.4, 0.5) is 5.69 Å². The second kappa shape index (κ2) is 5.89. The minimum Gasteiger partial charge on any atom is -0.464 e. The molecule has 98 valence electrons. The molecule has 2 aromatic rings. The van der Waals surface area contributed by atoms with Gasteiger partial charge in [0.05, 0.1) is 6.26 Å². The van der Waals surface area contributed by atoms with Crippen LogP contribution < -0.4 is 10.6 Å². The van der Waals surface area contributed by atoms with Gasteiger partial charge >= 0.3 is 0 Å². The molecule has 0 spiro atoms. The van der Waals surface area contributed by atoms with Gasteiger partial charge in [-0.1, -0.05) is 0 Å². The zero-order valence-electron chi connectivity index (χ0n) is 10.4. The lowest BCUT2D eigenvalue weighted by Crippen LogP contribution is -2.19. The lowest BCUT2D eigenvalue weighted by molar-refractivity contribution is -0.107. The largest absolute Gasteiger partial charge is 0.464 e. The highest BCUT2D eigenvalue weighted by molar-refractivity contribution is 5.88. The van der Waals surface area contributed by atoms with Gasteiger partial charge in [0.2, 0.25) is 6.41 Å². The number of furan rings is 1. The number of nitrogens with two attached hydrogens (primary N) is 1. The highest BCUT2D eigenvalue weighted by Gasteiger charge is 2.10. The molecule has 2 N–H and O–H groups in total. The standard InChI is InChI=1S/C13H16N2O2.ClH/c1-9(14)5-11-7-12(15(2)8-16)6-10-3-4-17-13(10)11;/h3-4,6-9H,5,14H2,1-2H3;1H. The van der Waals surface area contributed by atoms with Gasteiger partial charge in [-0.05, 0) is 37.1 Å². The number of amides is 1. The van der Waals surface area contributed by atoms with Crippen molar-refractivity contribution < 1.29 is 9.21 Å². The lowest BCUT2D eigenvalue weighted by Gasteiger charge is -2.14. The van der Waals surface area contributed by atoms with Crippen LogP contribution in [-0.4, -0.2) is 19.5 Å². The quantitative estimate of drug-likeness (QED) is 0.866. The van der Waals surface area contributed by atoms with Crippen molar-refractivity contribution in [3.8, 4) is 0 Å². The van der Waals surface area contributed by atoms with Crippen LogP contribution in [0.2, 0.25) is 0 Å². The Morgan fingerprint density at radius 1 is 1.50 bits per heavy atom. The number of carbonyl (C=O) groups excluding carboxylic acids is 1. The SMILES string of the molecule is CC(N)Cc1cc(N(C)C=O)cc2ccoc12.Cl. The normalized spacial score (nSPS) is 11.9. The second-order valence-electron chi connectivity index (χ2n) is 4.34. The van der Waals surface area contributed by atoms with E-state index in [1.54, 1.807) is 13.3 Å². The molecular formula is C13H17ClN2O2. The fraction of sp³-hybridized carbons (Fsp3) is 0.308. The van der Waals surface area contributed by atoms with Crippen molar-refractivity contribution in [1.29, 1.82) is 0 Å². The molecule has 0 bridgehead atoms. The van der Waals surface area contributed by atoms with E-state index in [0.29, 0.717) is 0 Å². The highest BCUT2D eigenvalue weighted by atomic mass is 35.5. The van der Waals surface area contributed by atoms with Crippen LogP contribution in [0.15, 0.2) is 28.9 Å². The van der Waals surface area contributed by atoms with Crippen molar-refractivity contribution in [2.45, 2.75) is 19.4 Å². The maximum atomic E-state index is 10.8. The predicted octanol–water partition coefficient (Wildman–Crippen LogP) is 2.34. The molecule has 0 aliphatic carbocycles. The topological polar surface area (TPSA) is 59.5 Å². The Morgan fingerprint density at radius 2 is 2.22 bits per heavy atom. The summed E-state index contributed by atoms with van der Waals surface area (Å²) in [7, 11) is 1.73. The fourth-order valence-electron chi connectivity index (χ4n) is 1.90. The zero-order valence-corrected chi connectivity index (χ0v) is 11.2. The summed E-state index contributed by atoms with van der Waals surface area (Å²) in [6.07, 6.45) is 3.17. The first-order valence-electron chi connectivity index (χ1n) is 5.55. The first-order valence-corrected chi connectivity index (χ1v) is 5.55. The van der Waals surface area contributed by atoms with Crippen molar-refractivity contribution >= 4 is 35.5 Å². The first kappa shape index (κ1) is 14.5. The number of carbonyl (C=O) groups is 1.